The third kappa shape index (κ3) is 2.86. The van der Waals surface area contributed by atoms with Crippen LogP contribution in [0.4, 0.5) is 4.39 Å². The van der Waals surface area contributed by atoms with Crippen LogP contribution in [0.15, 0.2) is 30.6 Å². The third-order valence-electron chi connectivity index (χ3n) is 2.64. The first-order valence-corrected chi connectivity index (χ1v) is 6.10. The Morgan fingerprint density at radius 3 is 2.94 bits per heavy atom. The van der Waals surface area contributed by atoms with Crippen molar-refractivity contribution in [2.75, 3.05) is 5.88 Å². The van der Waals surface area contributed by atoms with Crippen LogP contribution in [-0.2, 0) is 6.42 Å². The zero-order chi connectivity index (χ0) is 12.3. The van der Waals surface area contributed by atoms with E-state index in [-0.39, 0.29) is 5.82 Å². The van der Waals surface area contributed by atoms with Gasteiger partial charge in [0.25, 0.3) is 0 Å². The van der Waals surface area contributed by atoms with E-state index in [0.29, 0.717) is 5.88 Å². The average Bonchev–Trinajstić information content (AvgIpc) is 2.75. The number of nitrogens with zero attached hydrogens (tertiary/aromatic N) is 2. The van der Waals surface area contributed by atoms with Crippen molar-refractivity contribution in [3.05, 3.63) is 47.5 Å². The van der Waals surface area contributed by atoms with E-state index in [9.17, 15) is 4.39 Å². The Balaban J connectivity index is 2.24. The molecule has 2 rings (SSSR count). The summed E-state index contributed by atoms with van der Waals surface area (Å²) in [5.74, 6) is 0.432. The van der Waals surface area contributed by atoms with Gasteiger partial charge in [-0.2, -0.15) is 5.10 Å². The normalized spacial score (nSPS) is 10.8. The summed E-state index contributed by atoms with van der Waals surface area (Å²) in [5.41, 5.74) is 2.93. The van der Waals surface area contributed by atoms with E-state index in [2.05, 4.69) is 5.10 Å². The fraction of sp³-hybridized carbons (Fsp3) is 0.308. The lowest BCUT2D eigenvalue weighted by Gasteiger charge is -2.05. The zero-order valence-electron chi connectivity index (χ0n) is 9.66. The average molecular weight is 253 g/mol. The van der Waals surface area contributed by atoms with Crippen LogP contribution in [-0.4, -0.2) is 15.7 Å². The molecule has 0 aliphatic carbocycles. The van der Waals surface area contributed by atoms with Crippen LogP contribution in [0.25, 0.3) is 5.69 Å². The Hall–Kier alpha value is -1.35. The quantitative estimate of drug-likeness (QED) is 0.762. The minimum atomic E-state index is -0.222. The van der Waals surface area contributed by atoms with Gasteiger partial charge in [-0.15, -0.1) is 11.6 Å². The molecule has 0 saturated heterocycles. The second kappa shape index (κ2) is 5.32. The first kappa shape index (κ1) is 12.1. The molecule has 0 bridgehead atoms. The van der Waals surface area contributed by atoms with E-state index in [4.69, 9.17) is 11.6 Å². The predicted octanol–water partition coefficient (Wildman–Crippen LogP) is 3.49. The second-order valence-electron chi connectivity index (χ2n) is 4.02. The number of benzene rings is 1. The molecular weight excluding hydrogens is 239 g/mol. The van der Waals surface area contributed by atoms with Crippen molar-refractivity contribution < 1.29 is 4.39 Å². The number of aryl methyl sites for hydroxylation is 2. The van der Waals surface area contributed by atoms with Crippen molar-refractivity contribution in [2.24, 2.45) is 0 Å². The van der Waals surface area contributed by atoms with Crippen molar-refractivity contribution in [1.29, 1.82) is 0 Å². The Morgan fingerprint density at radius 1 is 1.41 bits per heavy atom. The Labute approximate surface area is 105 Å². The fourth-order valence-electron chi connectivity index (χ4n) is 1.77. The highest BCUT2D eigenvalue weighted by atomic mass is 35.5. The third-order valence-corrected chi connectivity index (χ3v) is 2.91. The number of halogens is 2. The van der Waals surface area contributed by atoms with E-state index >= 15 is 0 Å². The van der Waals surface area contributed by atoms with Gasteiger partial charge in [0.05, 0.1) is 11.9 Å². The lowest BCUT2D eigenvalue weighted by Crippen LogP contribution is -1.97. The largest absolute Gasteiger partial charge is 0.240 e. The first-order valence-electron chi connectivity index (χ1n) is 5.57. The van der Waals surface area contributed by atoms with Crippen LogP contribution >= 0.6 is 11.6 Å². The summed E-state index contributed by atoms with van der Waals surface area (Å²) < 4.78 is 14.8. The van der Waals surface area contributed by atoms with Crippen LogP contribution < -0.4 is 0 Å². The van der Waals surface area contributed by atoms with Gasteiger partial charge in [0, 0.05) is 12.1 Å². The Morgan fingerprint density at radius 2 is 2.24 bits per heavy atom. The molecule has 17 heavy (non-hydrogen) atoms. The first-order chi connectivity index (χ1) is 8.20. The number of rotatable bonds is 4. The number of hydrogen-bond donors (Lipinski definition) is 0. The molecule has 1 aromatic carbocycles. The molecule has 0 atom stereocenters. The summed E-state index contributed by atoms with van der Waals surface area (Å²) in [6.07, 6.45) is 5.65. The van der Waals surface area contributed by atoms with E-state index in [1.54, 1.807) is 10.7 Å². The molecule has 1 heterocycles. The maximum absolute atomic E-state index is 13.0. The van der Waals surface area contributed by atoms with Crippen molar-refractivity contribution in [3.63, 3.8) is 0 Å². The van der Waals surface area contributed by atoms with Gasteiger partial charge in [-0.1, -0.05) is 0 Å². The minimum Gasteiger partial charge on any atom is -0.240 e. The van der Waals surface area contributed by atoms with Crippen LogP contribution in [0.3, 0.4) is 0 Å². The molecule has 1 aromatic heterocycles. The fourth-order valence-corrected chi connectivity index (χ4v) is 1.90. The zero-order valence-corrected chi connectivity index (χ0v) is 10.4. The minimum absolute atomic E-state index is 0.222. The van der Waals surface area contributed by atoms with E-state index in [1.807, 2.05) is 19.3 Å². The summed E-state index contributed by atoms with van der Waals surface area (Å²) in [7, 11) is 0. The standard InChI is InChI=1S/C13H14ClFN2/c1-10-7-12(15)4-5-13(10)17-9-11(8-16-17)3-2-6-14/h4-5,7-9H,2-3,6H2,1H3. The summed E-state index contributed by atoms with van der Waals surface area (Å²) >= 11 is 5.65. The van der Waals surface area contributed by atoms with Crippen molar-refractivity contribution in [1.82, 2.24) is 9.78 Å². The molecule has 2 aromatic rings. The maximum Gasteiger partial charge on any atom is 0.123 e. The van der Waals surface area contributed by atoms with Gasteiger partial charge in [0.2, 0.25) is 0 Å². The number of aromatic nitrogens is 2. The maximum atomic E-state index is 13.0. The van der Waals surface area contributed by atoms with Crippen LogP contribution in [0.2, 0.25) is 0 Å². The molecule has 0 amide bonds. The lowest BCUT2D eigenvalue weighted by molar-refractivity contribution is 0.625. The smallest absolute Gasteiger partial charge is 0.123 e. The van der Waals surface area contributed by atoms with Crippen LogP contribution in [0, 0.1) is 12.7 Å². The molecule has 0 spiro atoms. The highest BCUT2D eigenvalue weighted by molar-refractivity contribution is 6.17. The van der Waals surface area contributed by atoms with E-state index in [1.165, 1.54) is 12.1 Å². The predicted molar refractivity (Wildman–Crippen MR) is 67.3 cm³/mol. The van der Waals surface area contributed by atoms with Gasteiger partial charge >= 0.3 is 0 Å². The molecule has 0 saturated carbocycles. The molecular formula is C13H14ClFN2. The number of hydrogen-bond acceptors (Lipinski definition) is 1. The molecule has 0 N–H and O–H groups in total. The molecule has 0 radical (unpaired) electrons. The van der Waals surface area contributed by atoms with E-state index < -0.39 is 0 Å². The topological polar surface area (TPSA) is 17.8 Å². The van der Waals surface area contributed by atoms with Gasteiger partial charge in [-0.05, 0) is 49.1 Å². The SMILES string of the molecule is Cc1cc(F)ccc1-n1cc(CCCCl)cn1. The van der Waals surface area contributed by atoms with E-state index in [0.717, 1.165) is 29.7 Å². The van der Waals surface area contributed by atoms with Crippen molar-refractivity contribution in [3.8, 4) is 5.69 Å². The Kier molecular flexibility index (Phi) is 3.79. The molecule has 0 unspecified atom stereocenters. The van der Waals surface area contributed by atoms with Gasteiger partial charge < -0.3 is 0 Å². The summed E-state index contributed by atoms with van der Waals surface area (Å²) in [5, 5.41) is 4.28. The summed E-state index contributed by atoms with van der Waals surface area (Å²) in [4.78, 5) is 0. The number of alkyl halides is 1. The monoisotopic (exact) mass is 252 g/mol. The Bertz CT molecular complexity index is 508. The molecule has 90 valence electrons. The lowest BCUT2D eigenvalue weighted by atomic mass is 10.2. The molecule has 2 nitrogen and oxygen atoms in total. The molecule has 0 aliphatic rings. The highest BCUT2D eigenvalue weighted by Gasteiger charge is 2.04. The van der Waals surface area contributed by atoms with Gasteiger partial charge in [-0.25, -0.2) is 9.07 Å². The highest BCUT2D eigenvalue weighted by Crippen LogP contribution is 2.15. The summed E-state index contributed by atoms with van der Waals surface area (Å²) in [6.45, 7) is 1.87. The van der Waals surface area contributed by atoms with Gasteiger partial charge in [0.1, 0.15) is 5.82 Å². The van der Waals surface area contributed by atoms with Crippen LogP contribution in [0.1, 0.15) is 17.5 Å². The summed E-state index contributed by atoms with van der Waals surface area (Å²) in [6, 6.07) is 4.70. The molecule has 0 fully saturated rings. The second-order valence-corrected chi connectivity index (χ2v) is 4.39. The van der Waals surface area contributed by atoms with Crippen molar-refractivity contribution >= 4 is 11.6 Å². The van der Waals surface area contributed by atoms with Gasteiger partial charge in [-0.3, -0.25) is 0 Å². The molecule has 4 heteroatoms. The van der Waals surface area contributed by atoms with Crippen molar-refractivity contribution in [2.45, 2.75) is 19.8 Å². The van der Waals surface area contributed by atoms with Gasteiger partial charge in [0.15, 0.2) is 0 Å². The molecule has 0 aliphatic heterocycles. The van der Waals surface area contributed by atoms with Crippen LogP contribution in [0.5, 0.6) is 0 Å².